The molecule has 1 aliphatic rings. The van der Waals surface area contributed by atoms with Gasteiger partial charge in [0, 0.05) is 28.6 Å². The first kappa shape index (κ1) is 20.8. The van der Waals surface area contributed by atoms with E-state index >= 15 is 0 Å². The van der Waals surface area contributed by atoms with Crippen LogP contribution >= 0.6 is 15.9 Å². The van der Waals surface area contributed by atoms with Crippen molar-refractivity contribution in [2.45, 2.75) is 12.8 Å². The molecule has 0 aliphatic carbocycles. The van der Waals surface area contributed by atoms with Crippen LogP contribution in [0.2, 0.25) is 0 Å². The molecule has 5 rings (SSSR count). The van der Waals surface area contributed by atoms with Gasteiger partial charge in [-0.15, -0.1) is 0 Å². The van der Waals surface area contributed by atoms with E-state index in [4.69, 9.17) is 0 Å². The summed E-state index contributed by atoms with van der Waals surface area (Å²) < 4.78 is 2.65. The molecule has 2 aromatic heterocycles. The maximum atomic E-state index is 12.4. The zero-order valence-corrected chi connectivity index (χ0v) is 18.6. The maximum absolute atomic E-state index is 12.4. The molecule has 4 aromatic rings. The van der Waals surface area contributed by atoms with Crippen LogP contribution in [0.3, 0.4) is 0 Å². The van der Waals surface area contributed by atoms with Gasteiger partial charge in [-0.3, -0.25) is 19.8 Å². The van der Waals surface area contributed by atoms with Gasteiger partial charge in [0.15, 0.2) is 5.65 Å². The van der Waals surface area contributed by atoms with Crippen molar-refractivity contribution in [3.63, 3.8) is 0 Å². The van der Waals surface area contributed by atoms with E-state index in [9.17, 15) is 14.4 Å². The van der Waals surface area contributed by atoms with Crippen LogP contribution in [0.25, 0.3) is 16.7 Å². The third-order valence-electron chi connectivity index (χ3n) is 5.09. The van der Waals surface area contributed by atoms with Gasteiger partial charge in [0.25, 0.3) is 5.91 Å². The van der Waals surface area contributed by atoms with E-state index in [2.05, 4.69) is 41.7 Å². The highest BCUT2D eigenvalue weighted by molar-refractivity contribution is 9.10. The van der Waals surface area contributed by atoms with Crippen LogP contribution in [-0.4, -0.2) is 42.5 Å². The van der Waals surface area contributed by atoms with E-state index in [0.717, 1.165) is 20.6 Å². The van der Waals surface area contributed by atoms with Gasteiger partial charge in [0.2, 0.25) is 11.8 Å². The van der Waals surface area contributed by atoms with Gasteiger partial charge in [0.1, 0.15) is 12.1 Å². The van der Waals surface area contributed by atoms with Crippen molar-refractivity contribution < 1.29 is 14.4 Å². The summed E-state index contributed by atoms with van der Waals surface area (Å²) in [6, 6.07) is 14.3. The number of anilines is 2. The van der Waals surface area contributed by atoms with Crippen molar-refractivity contribution in [2.75, 3.05) is 5.32 Å². The number of hydrogen-bond donors (Lipinski definition) is 2. The molecule has 2 aromatic carbocycles. The normalized spacial score (nSPS) is 13.5. The molecule has 0 atom stereocenters. The van der Waals surface area contributed by atoms with Crippen molar-refractivity contribution in [3.05, 3.63) is 71.1 Å². The van der Waals surface area contributed by atoms with E-state index in [-0.39, 0.29) is 12.8 Å². The lowest BCUT2D eigenvalue weighted by molar-refractivity contribution is -0.141. The SMILES string of the molecule is O=C(NN1C(=O)CCC1=O)c1ccc(Nc2ncnc3c2cnn3-c2cccc(Br)c2)cc1. The molecule has 0 radical (unpaired) electrons. The van der Waals surface area contributed by atoms with Gasteiger partial charge < -0.3 is 5.32 Å². The number of rotatable bonds is 5. The Morgan fingerprint density at radius 1 is 1.00 bits per heavy atom. The monoisotopic (exact) mass is 505 g/mol. The number of amides is 3. The predicted octanol–water partition coefficient (Wildman–Crippen LogP) is 3.12. The van der Waals surface area contributed by atoms with Crippen molar-refractivity contribution in [3.8, 4) is 5.69 Å². The Morgan fingerprint density at radius 3 is 2.48 bits per heavy atom. The Labute approximate surface area is 195 Å². The molecule has 0 unspecified atom stereocenters. The summed E-state index contributed by atoms with van der Waals surface area (Å²) >= 11 is 3.47. The lowest BCUT2D eigenvalue weighted by atomic mass is 10.2. The number of imide groups is 1. The van der Waals surface area contributed by atoms with E-state index in [1.165, 1.54) is 6.33 Å². The molecular formula is C22H16BrN7O3. The molecule has 0 bridgehead atoms. The first-order chi connectivity index (χ1) is 16.0. The molecule has 3 amide bonds. The van der Waals surface area contributed by atoms with Crippen molar-refractivity contribution in [2.24, 2.45) is 0 Å². The van der Waals surface area contributed by atoms with E-state index in [0.29, 0.717) is 22.7 Å². The highest BCUT2D eigenvalue weighted by Crippen LogP contribution is 2.25. The highest BCUT2D eigenvalue weighted by Gasteiger charge is 2.30. The molecule has 0 saturated carbocycles. The van der Waals surface area contributed by atoms with Gasteiger partial charge in [-0.2, -0.15) is 10.1 Å². The lowest BCUT2D eigenvalue weighted by Crippen LogP contribution is -2.45. The predicted molar refractivity (Wildman–Crippen MR) is 123 cm³/mol. The molecular weight excluding hydrogens is 490 g/mol. The zero-order valence-electron chi connectivity index (χ0n) is 17.0. The Morgan fingerprint density at radius 2 is 1.76 bits per heavy atom. The molecule has 0 spiro atoms. The van der Waals surface area contributed by atoms with Crippen LogP contribution in [0.1, 0.15) is 23.2 Å². The Kier molecular flexibility index (Phi) is 5.31. The number of fused-ring (bicyclic) bond motifs is 1. The largest absolute Gasteiger partial charge is 0.340 e. The third kappa shape index (κ3) is 4.05. The first-order valence-corrected chi connectivity index (χ1v) is 10.8. The number of hydrazine groups is 1. The smallest absolute Gasteiger partial charge is 0.270 e. The number of carbonyl (C=O) groups is 3. The fourth-order valence-corrected chi connectivity index (χ4v) is 3.84. The van der Waals surface area contributed by atoms with Gasteiger partial charge in [-0.25, -0.2) is 14.6 Å². The minimum atomic E-state index is -0.537. The zero-order chi connectivity index (χ0) is 22.9. The summed E-state index contributed by atoms with van der Waals surface area (Å²) in [6.45, 7) is 0. The summed E-state index contributed by atoms with van der Waals surface area (Å²) in [5.41, 5.74) is 4.84. The topological polar surface area (TPSA) is 122 Å². The molecule has 33 heavy (non-hydrogen) atoms. The average molecular weight is 506 g/mol. The fourth-order valence-electron chi connectivity index (χ4n) is 3.45. The minimum Gasteiger partial charge on any atom is -0.340 e. The van der Waals surface area contributed by atoms with Crippen molar-refractivity contribution >= 4 is 56.2 Å². The molecule has 164 valence electrons. The Hall–Kier alpha value is -4.12. The quantitative estimate of drug-likeness (QED) is 0.399. The number of benzene rings is 2. The minimum absolute atomic E-state index is 0.105. The number of nitrogens with zero attached hydrogens (tertiary/aromatic N) is 5. The van der Waals surface area contributed by atoms with Crippen LogP contribution in [0.5, 0.6) is 0 Å². The maximum Gasteiger partial charge on any atom is 0.270 e. The van der Waals surface area contributed by atoms with E-state index < -0.39 is 17.7 Å². The standard InChI is InChI=1S/C22H16BrN7O3/c23-14-2-1-3-16(10-14)29-21-17(11-26-29)20(24-12-25-21)27-15-6-4-13(5-7-15)22(33)28-30-18(31)8-9-19(30)32/h1-7,10-12H,8-9H2,(H,28,33)(H,24,25,27). The fraction of sp³-hybridized carbons (Fsp3) is 0.0909. The summed E-state index contributed by atoms with van der Waals surface area (Å²) in [7, 11) is 0. The van der Waals surface area contributed by atoms with Gasteiger partial charge >= 0.3 is 0 Å². The summed E-state index contributed by atoms with van der Waals surface area (Å²) in [5, 5.41) is 9.16. The van der Waals surface area contributed by atoms with Crippen LogP contribution in [0.15, 0.2) is 65.5 Å². The number of halogens is 1. The van der Waals surface area contributed by atoms with Crippen LogP contribution in [0, 0.1) is 0 Å². The number of hydrogen-bond acceptors (Lipinski definition) is 7. The van der Waals surface area contributed by atoms with Gasteiger partial charge in [-0.1, -0.05) is 22.0 Å². The van der Waals surface area contributed by atoms with Crippen LogP contribution < -0.4 is 10.7 Å². The second-order valence-corrected chi connectivity index (χ2v) is 8.18. The summed E-state index contributed by atoms with van der Waals surface area (Å²) in [5.74, 6) is -0.803. The third-order valence-corrected chi connectivity index (χ3v) is 5.59. The molecule has 1 saturated heterocycles. The van der Waals surface area contributed by atoms with Crippen LogP contribution in [-0.2, 0) is 9.59 Å². The number of aromatic nitrogens is 4. The second-order valence-electron chi connectivity index (χ2n) is 7.26. The van der Waals surface area contributed by atoms with Crippen molar-refractivity contribution in [1.29, 1.82) is 0 Å². The average Bonchev–Trinajstić information content (AvgIpc) is 3.39. The van der Waals surface area contributed by atoms with E-state index in [1.54, 1.807) is 35.1 Å². The van der Waals surface area contributed by atoms with Gasteiger partial charge in [0.05, 0.1) is 17.3 Å². The molecule has 3 heterocycles. The molecule has 2 N–H and O–H groups in total. The van der Waals surface area contributed by atoms with Gasteiger partial charge in [-0.05, 0) is 42.5 Å². The first-order valence-electron chi connectivity index (χ1n) is 9.98. The van der Waals surface area contributed by atoms with Crippen LogP contribution in [0.4, 0.5) is 11.5 Å². The summed E-state index contributed by atoms with van der Waals surface area (Å²) in [4.78, 5) is 44.4. The molecule has 1 fully saturated rings. The van der Waals surface area contributed by atoms with E-state index in [1.807, 2.05) is 24.3 Å². The molecule has 11 heteroatoms. The lowest BCUT2D eigenvalue weighted by Gasteiger charge is -2.15. The molecule has 1 aliphatic heterocycles. The number of carbonyl (C=O) groups excluding carboxylic acids is 3. The number of nitrogens with one attached hydrogen (secondary N) is 2. The highest BCUT2D eigenvalue weighted by atomic mass is 79.9. The summed E-state index contributed by atoms with van der Waals surface area (Å²) in [6.07, 6.45) is 3.35. The Balaban J connectivity index is 1.35. The second kappa shape index (κ2) is 8.43. The Bertz CT molecular complexity index is 1380. The molecule has 10 nitrogen and oxygen atoms in total. The van der Waals surface area contributed by atoms with Crippen molar-refractivity contribution in [1.82, 2.24) is 30.2 Å².